The molecule has 2 N–H and O–H groups in total. The molecule has 3 rings (SSSR count). The van der Waals surface area contributed by atoms with Gasteiger partial charge >= 0.3 is 0 Å². The largest absolute Gasteiger partial charge is 0.389 e. The molecule has 0 radical (unpaired) electrons. The molecule has 0 spiro atoms. The molecule has 1 saturated heterocycles. The molecule has 104 valence electrons. The van der Waals surface area contributed by atoms with Gasteiger partial charge in [0.25, 0.3) is 0 Å². The van der Waals surface area contributed by atoms with E-state index in [-0.39, 0.29) is 0 Å². The first-order chi connectivity index (χ1) is 9.19. The van der Waals surface area contributed by atoms with Crippen LogP contribution in [0.2, 0.25) is 5.02 Å². The number of nitrogens with one attached hydrogen (secondary N) is 1. The summed E-state index contributed by atoms with van der Waals surface area (Å²) in [4.78, 5) is 0. The summed E-state index contributed by atoms with van der Waals surface area (Å²) in [5, 5.41) is 15.3. The fourth-order valence-corrected chi connectivity index (χ4v) is 4.08. The van der Waals surface area contributed by atoms with Crippen LogP contribution in [0.4, 0.5) is 0 Å². The summed E-state index contributed by atoms with van der Waals surface area (Å²) >= 11 is 6.26. The van der Waals surface area contributed by atoms with Crippen LogP contribution >= 0.6 is 11.6 Å². The molecule has 1 aliphatic heterocycles. The van der Waals surface area contributed by atoms with Crippen LogP contribution in [0.3, 0.4) is 0 Å². The number of rotatable bonds is 2. The molecule has 1 aromatic rings. The number of benzene rings is 1. The van der Waals surface area contributed by atoms with Crippen molar-refractivity contribution in [3.63, 3.8) is 0 Å². The van der Waals surface area contributed by atoms with E-state index in [1.165, 1.54) is 18.4 Å². The molecular formula is C16H22ClNO. The molecule has 0 bridgehead atoms. The van der Waals surface area contributed by atoms with Crippen LogP contribution in [0, 0.1) is 5.92 Å². The molecule has 2 aliphatic rings. The summed E-state index contributed by atoms with van der Waals surface area (Å²) in [7, 11) is 0. The normalized spacial score (nSPS) is 34.8. The lowest BCUT2D eigenvalue weighted by Crippen LogP contribution is -2.58. The number of aliphatic hydroxyl groups is 1. The van der Waals surface area contributed by atoms with Gasteiger partial charge in [-0.3, -0.25) is 0 Å². The Morgan fingerprint density at radius 1 is 1.26 bits per heavy atom. The molecule has 1 saturated carbocycles. The van der Waals surface area contributed by atoms with Gasteiger partial charge in [-0.05, 0) is 43.9 Å². The minimum Gasteiger partial charge on any atom is -0.389 e. The van der Waals surface area contributed by atoms with Crippen molar-refractivity contribution in [2.45, 2.75) is 50.2 Å². The zero-order valence-corrected chi connectivity index (χ0v) is 12.0. The van der Waals surface area contributed by atoms with Crippen LogP contribution in [0.1, 0.15) is 37.7 Å². The van der Waals surface area contributed by atoms with Crippen molar-refractivity contribution in [3.05, 3.63) is 34.9 Å². The first-order valence-corrected chi connectivity index (χ1v) is 7.76. The van der Waals surface area contributed by atoms with Crippen molar-refractivity contribution < 1.29 is 5.11 Å². The van der Waals surface area contributed by atoms with Crippen LogP contribution in [-0.2, 0) is 6.42 Å². The predicted molar refractivity (Wildman–Crippen MR) is 78.5 cm³/mol. The van der Waals surface area contributed by atoms with Gasteiger partial charge in [-0.1, -0.05) is 42.6 Å². The molecule has 2 fully saturated rings. The fraction of sp³-hybridized carbons (Fsp3) is 0.625. The van der Waals surface area contributed by atoms with E-state index in [9.17, 15) is 5.11 Å². The monoisotopic (exact) mass is 279 g/mol. The Balaban J connectivity index is 1.78. The smallest absolute Gasteiger partial charge is 0.0702 e. The van der Waals surface area contributed by atoms with Crippen molar-refractivity contribution in [1.29, 1.82) is 0 Å². The van der Waals surface area contributed by atoms with Gasteiger partial charge in [-0.15, -0.1) is 0 Å². The van der Waals surface area contributed by atoms with Crippen LogP contribution in [0.5, 0.6) is 0 Å². The minimum absolute atomic E-state index is 0.360. The minimum atomic E-state index is -0.435. The van der Waals surface area contributed by atoms with Gasteiger partial charge in [0.1, 0.15) is 0 Å². The molecule has 1 aliphatic carbocycles. The van der Waals surface area contributed by atoms with E-state index in [4.69, 9.17) is 11.6 Å². The van der Waals surface area contributed by atoms with Gasteiger partial charge in [0.05, 0.1) is 5.60 Å². The number of fused-ring (bicyclic) bond motifs is 1. The lowest BCUT2D eigenvalue weighted by molar-refractivity contribution is -0.0850. The summed E-state index contributed by atoms with van der Waals surface area (Å²) in [6.07, 6.45) is 6.35. The SMILES string of the molecule is OC12CCCCC1C(Cc1ccccc1Cl)NCC2. The van der Waals surface area contributed by atoms with E-state index in [0.717, 1.165) is 37.3 Å². The highest BCUT2D eigenvalue weighted by atomic mass is 35.5. The zero-order valence-electron chi connectivity index (χ0n) is 11.2. The van der Waals surface area contributed by atoms with E-state index in [1.807, 2.05) is 18.2 Å². The number of hydrogen-bond donors (Lipinski definition) is 2. The highest BCUT2D eigenvalue weighted by molar-refractivity contribution is 6.31. The number of piperidine rings is 1. The molecule has 0 aromatic heterocycles. The van der Waals surface area contributed by atoms with Gasteiger partial charge in [0.2, 0.25) is 0 Å². The van der Waals surface area contributed by atoms with E-state index in [2.05, 4.69) is 11.4 Å². The molecule has 19 heavy (non-hydrogen) atoms. The van der Waals surface area contributed by atoms with Crippen molar-refractivity contribution in [2.24, 2.45) is 5.92 Å². The molecular weight excluding hydrogens is 258 g/mol. The van der Waals surface area contributed by atoms with Gasteiger partial charge in [-0.25, -0.2) is 0 Å². The highest BCUT2D eigenvalue weighted by Gasteiger charge is 2.45. The third kappa shape index (κ3) is 2.67. The molecule has 2 nitrogen and oxygen atoms in total. The lowest BCUT2D eigenvalue weighted by atomic mass is 9.67. The first-order valence-electron chi connectivity index (χ1n) is 7.38. The molecule has 3 atom stereocenters. The second-order valence-electron chi connectivity index (χ2n) is 6.06. The number of hydrogen-bond acceptors (Lipinski definition) is 2. The highest BCUT2D eigenvalue weighted by Crippen LogP contribution is 2.41. The third-order valence-corrected chi connectivity index (χ3v) is 5.28. The molecule has 3 heteroatoms. The Kier molecular flexibility index (Phi) is 3.84. The second-order valence-corrected chi connectivity index (χ2v) is 6.47. The maximum atomic E-state index is 10.8. The molecule has 0 amide bonds. The van der Waals surface area contributed by atoms with Gasteiger partial charge in [0, 0.05) is 17.0 Å². The lowest BCUT2D eigenvalue weighted by Gasteiger charge is -2.48. The van der Waals surface area contributed by atoms with Gasteiger partial charge in [0.15, 0.2) is 0 Å². The van der Waals surface area contributed by atoms with Crippen LogP contribution < -0.4 is 5.32 Å². The van der Waals surface area contributed by atoms with Gasteiger partial charge < -0.3 is 10.4 Å². The summed E-state index contributed by atoms with van der Waals surface area (Å²) in [5.74, 6) is 0.381. The third-order valence-electron chi connectivity index (χ3n) is 4.91. The van der Waals surface area contributed by atoms with Crippen LogP contribution in [-0.4, -0.2) is 23.3 Å². The Labute approximate surface area is 120 Å². The van der Waals surface area contributed by atoms with Crippen molar-refractivity contribution >= 4 is 11.6 Å². The summed E-state index contributed by atoms with van der Waals surface area (Å²) in [5.41, 5.74) is 0.756. The van der Waals surface area contributed by atoms with Gasteiger partial charge in [-0.2, -0.15) is 0 Å². The summed E-state index contributed by atoms with van der Waals surface area (Å²) < 4.78 is 0. The van der Waals surface area contributed by atoms with E-state index < -0.39 is 5.60 Å². The average molecular weight is 280 g/mol. The predicted octanol–water partition coefficient (Wildman–Crippen LogP) is 3.17. The maximum Gasteiger partial charge on any atom is 0.0702 e. The van der Waals surface area contributed by atoms with Crippen LogP contribution in [0.15, 0.2) is 24.3 Å². The standard InChI is InChI=1S/C16H22ClNO/c17-14-7-2-1-5-12(14)11-15-13-6-3-4-8-16(13,19)9-10-18-15/h1-2,5,7,13,15,18-19H,3-4,6,8-11H2. The van der Waals surface area contributed by atoms with Crippen LogP contribution in [0.25, 0.3) is 0 Å². The molecule has 1 aromatic carbocycles. The van der Waals surface area contributed by atoms with Crippen molar-refractivity contribution in [1.82, 2.24) is 5.32 Å². The quantitative estimate of drug-likeness (QED) is 0.872. The Bertz CT molecular complexity index is 446. The van der Waals surface area contributed by atoms with E-state index >= 15 is 0 Å². The van der Waals surface area contributed by atoms with Crippen molar-refractivity contribution in [2.75, 3.05) is 6.54 Å². The Hall–Kier alpha value is -0.570. The Morgan fingerprint density at radius 3 is 2.95 bits per heavy atom. The number of halogens is 1. The average Bonchev–Trinajstić information content (AvgIpc) is 2.41. The summed E-state index contributed by atoms with van der Waals surface area (Å²) in [6.45, 7) is 0.919. The topological polar surface area (TPSA) is 32.3 Å². The summed E-state index contributed by atoms with van der Waals surface area (Å²) in [6, 6.07) is 8.42. The molecule has 1 heterocycles. The Morgan fingerprint density at radius 2 is 2.11 bits per heavy atom. The second kappa shape index (κ2) is 5.43. The van der Waals surface area contributed by atoms with E-state index in [1.54, 1.807) is 0 Å². The van der Waals surface area contributed by atoms with E-state index in [0.29, 0.717) is 12.0 Å². The maximum absolute atomic E-state index is 10.8. The van der Waals surface area contributed by atoms with Crippen molar-refractivity contribution in [3.8, 4) is 0 Å². The first kappa shape index (κ1) is 13.4. The molecule has 3 unspecified atom stereocenters. The zero-order chi connectivity index (χ0) is 13.3. The fourth-order valence-electron chi connectivity index (χ4n) is 3.87.